The van der Waals surface area contributed by atoms with Crippen LogP contribution < -0.4 is 89.3 Å². The van der Waals surface area contributed by atoms with Crippen molar-refractivity contribution < 1.29 is 149 Å². The molecule has 14 heteroatoms. The van der Waals surface area contributed by atoms with Crippen molar-refractivity contribution in [1.29, 1.82) is 0 Å². The van der Waals surface area contributed by atoms with Gasteiger partial charge in [0, 0.05) is 7.11 Å². The van der Waals surface area contributed by atoms with Crippen molar-refractivity contribution in [3.8, 4) is 0 Å². The van der Waals surface area contributed by atoms with Gasteiger partial charge in [-0.1, -0.05) is 0 Å². The average Bonchev–Trinajstić information content (AvgIpc) is 1.59. The molecule has 10 nitrogen and oxygen atoms in total. The summed E-state index contributed by atoms with van der Waals surface area (Å²) in [5.74, 6) is 0. The van der Waals surface area contributed by atoms with Crippen LogP contribution in [0.15, 0.2) is 0 Å². The number of hydrogen-bond donors (Lipinski definition) is 1. The number of aliphatic hydroxyl groups excluding tert-OH is 1. The molecule has 3 N–H and O–H groups in total. The minimum absolute atomic E-state index is 0. The fraction of sp³-hybridized carbons (Fsp3) is 1.00. The first-order chi connectivity index (χ1) is 5.00. The molecule has 0 saturated carbocycles. The van der Waals surface area contributed by atoms with Crippen molar-refractivity contribution in [3.05, 3.63) is 0 Å². The molecule has 0 aromatic heterocycles. The van der Waals surface area contributed by atoms with Crippen molar-refractivity contribution in [2.24, 2.45) is 0 Å². The molecular formula is CH6KMn2NaO10. The van der Waals surface area contributed by atoms with E-state index in [-0.39, 0.29) is 86.4 Å². The topological polar surface area (TPSA) is 200 Å². The predicted octanol–water partition coefficient (Wildman–Crippen LogP) is -10.3. The summed E-state index contributed by atoms with van der Waals surface area (Å²) in [6, 6.07) is 0. The fourth-order valence-electron chi connectivity index (χ4n) is 0. The van der Waals surface area contributed by atoms with Gasteiger partial charge in [-0.3, -0.25) is 0 Å². The molecule has 0 spiro atoms. The summed E-state index contributed by atoms with van der Waals surface area (Å²) in [4.78, 5) is 0. The van der Waals surface area contributed by atoms with Crippen LogP contribution in [-0.4, -0.2) is 17.7 Å². The minimum atomic E-state index is -5.62. The van der Waals surface area contributed by atoms with E-state index in [0.29, 0.717) is 0 Å². The Morgan fingerprint density at radius 3 is 0.800 bits per heavy atom. The van der Waals surface area contributed by atoms with Gasteiger partial charge in [0.25, 0.3) is 0 Å². The summed E-state index contributed by atoms with van der Waals surface area (Å²) in [5.41, 5.74) is 0. The summed E-state index contributed by atoms with van der Waals surface area (Å²) < 4.78 is 68.6. The zero-order chi connectivity index (χ0) is 11.0. The van der Waals surface area contributed by atoms with Gasteiger partial charge in [-0.25, -0.2) is 0 Å². The molecule has 0 unspecified atom stereocenters. The standard InChI is InChI=1S/CH4O.K.2Mn.Na.H2O.8O/c1-2;;;;;;;;;;;;;/h2H,1H3;;;;;1H2;;;;;;;;/q;+1;;;+1;;;;;;;;2*-1. The van der Waals surface area contributed by atoms with Gasteiger partial charge >= 0.3 is 138 Å². The van der Waals surface area contributed by atoms with Crippen LogP contribution in [0.4, 0.5) is 0 Å². The van der Waals surface area contributed by atoms with E-state index in [1.54, 1.807) is 0 Å². The van der Waals surface area contributed by atoms with Crippen molar-refractivity contribution in [1.82, 2.24) is 0 Å². The van der Waals surface area contributed by atoms with Crippen LogP contribution in [0.25, 0.3) is 0 Å². The summed E-state index contributed by atoms with van der Waals surface area (Å²) in [5, 5.41) is 7.00. The monoisotopic (exact) mass is 350 g/mol. The Balaban J connectivity index is -0.0000000197. The molecule has 0 amide bonds. The van der Waals surface area contributed by atoms with Gasteiger partial charge in [-0.2, -0.15) is 0 Å². The van der Waals surface area contributed by atoms with Crippen LogP contribution in [-0.2, 0) is 48.9 Å². The molecule has 0 aromatic carbocycles. The Labute approximate surface area is 153 Å². The first kappa shape index (κ1) is 36.0. The SMILES string of the molecule is CO.O.[K+].[Na+].[O]=[Mn](=[O])(=[O])[O-].[O]=[Mn](=[O])(=[O])[O-]. The fourth-order valence-corrected chi connectivity index (χ4v) is 0. The van der Waals surface area contributed by atoms with E-state index < -0.39 is 25.9 Å². The Bertz CT molecular complexity index is 308. The molecule has 0 aromatic rings. The molecule has 0 aliphatic heterocycles. The van der Waals surface area contributed by atoms with Crippen molar-refractivity contribution in [3.63, 3.8) is 0 Å². The van der Waals surface area contributed by atoms with Crippen LogP contribution in [0.2, 0.25) is 0 Å². The first-order valence-electron chi connectivity index (χ1n) is 1.68. The number of hydrogen-bond acceptors (Lipinski definition) is 9. The van der Waals surface area contributed by atoms with Gasteiger partial charge in [-0.05, 0) is 0 Å². The molecule has 0 atom stereocenters. The van der Waals surface area contributed by atoms with E-state index in [4.69, 9.17) is 36.5 Å². The van der Waals surface area contributed by atoms with Gasteiger partial charge < -0.3 is 10.6 Å². The number of aliphatic hydroxyl groups is 1. The van der Waals surface area contributed by atoms with Crippen LogP contribution in [0.5, 0.6) is 0 Å². The Morgan fingerprint density at radius 2 is 0.800 bits per heavy atom. The van der Waals surface area contributed by atoms with E-state index in [1.165, 1.54) is 0 Å². The van der Waals surface area contributed by atoms with Gasteiger partial charge in [-0.15, -0.1) is 0 Å². The Morgan fingerprint density at radius 1 is 0.800 bits per heavy atom. The van der Waals surface area contributed by atoms with Crippen LogP contribution in [0.1, 0.15) is 0 Å². The first-order valence-corrected chi connectivity index (χ1v) is 5.54. The second-order valence-electron chi connectivity index (χ2n) is 0.756. The molecule has 0 rings (SSSR count). The van der Waals surface area contributed by atoms with E-state index >= 15 is 0 Å². The molecule has 0 radical (unpaired) electrons. The molecule has 0 heterocycles. The molecule has 0 aliphatic rings. The van der Waals surface area contributed by atoms with Crippen molar-refractivity contribution in [2.45, 2.75) is 0 Å². The van der Waals surface area contributed by atoms with Crippen molar-refractivity contribution >= 4 is 0 Å². The zero-order valence-corrected chi connectivity index (χ0v) is 15.5. The van der Waals surface area contributed by atoms with E-state index in [1.807, 2.05) is 0 Å². The zero-order valence-electron chi connectivity index (χ0n) is 7.97. The van der Waals surface area contributed by atoms with E-state index in [9.17, 15) is 0 Å². The molecule has 86 valence electrons. The van der Waals surface area contributed by atoms with Gasteiger partial charge in [0.2, 0.25) is 0 Å². The van der Waals surface area contributed by atoms with Gasteiger partial charge in [0.1, 0.15) is 0 Å². The maximum absolute atomic E-state index is 8.58. The van der Waals surface area contributed by atoms with E-state index in [2.05, 4.69) is 0 Å². The molecule has 0 aliphatic carbocycles. The number of rotatable bonds is 0. The molecule has 0 saturated heterocycles. The summed E-state index contributed by atoms with van der Waals surface area (Å²) in [6.45, 7) is 0. The Kier molecular flexibility index (Phi) is 44.8. The molecule has 0 fully saturated rings. The maximum atomic E-state index is 8.58. The van der Waals surface area contributed by atoms with Gasteiger partial charge in [0.15, 0.2) is 0 Å². The van der Waals surface area contributed by atoms with Crippen LogP contribution in [0, 0.1) is 0 Å². The second-order valence-corrected chi connectivity index (χ2v) is 3.12. The molecule has 0 bridgehead atoms. The molecular weight excluding hydrogens is 344 g/mol. The second kappa shape index (κ2) is 18.7. The third kappa shape index (κ3) is 624. The van der Waals surface area contributed by atoms with Gasteiger partial charge in [0.05, 0.1) is 0 Å². The van der Waals surface area contributed by atoms with Crippen LogP contribution in [0.3, 0.4) is 0 Å². The molecule has 15 heavy (non-hydrogen) atoms. The van der Waals surface area contributed by atoms with Crippen LogP contribution >= 0.6 is 0 Å². The normalized spacial score (nSPS) is 8.00. The average molecular weight is 350 g/mol. The predicted molar refractivity (Wildman–Crippen MR) is 15.9 cm³/mol. The Hall–Kier alpha value is 2.32. The quantitative estimate of drug-likeness (QED) is 0.412. The summed E-state index contributed by atoms with van der Waals surface area (Å²) in [6.07, 6.45) is 0. The van der Waals surface area contributed by atoms with E-state index in [0.717, 1.165) is 7.11 Å². The summed E-state index contributed by atoms with van der Waals surface area (Å²) >= 11 is -11.2. The summed E-state index contributed by atoms with van der Waals surface area (Å²) in [7, 11) is 1.00. The third-order valence-electron chi connectivity index (χ3n) is 0. The third-order valence-corrected chi connectivity index (χ3v) is 0. The van der Waals surface area contributed by atoms with Crippen molar-refractivity contribution in [2.75, 3.05) is 7.11 Å².